The van der Waals surface area contributed by atoms with Crippen LogP contribution in [0, 0.1) is 0 Å². The Morgan fingerprint density at radius 2 is 1.78 bits per heavy atom. The zero-order valence-corrected chi connectivity index (χ0v) is 11.3. The predicted molar refractivity (Wildman–Crippen MR) is 61.8 cm³/mol. The number of rotatable bonds is 3. The maximum Gasteiger partial charge on any atom is 0.164 e. The Labute approximate surface area is 107 Å². The maximum absolute atomic E-state index is 9.80. The van der Waals surface area contributed by atoms with E-state index in [2.05, 4.69) is 0 Å². The van der Waals surface area contributed by atoms with Crippen LogP contribution in [0.1, 0.15) is 27.7 Å². The van der Waals surface area contributed by atoms with Crippen molar-refractivity contribution < 1.29 is 29.2 Å². The van der Waals surface area contributed by atoms with Crippen LogP contribution in [-0.4, -0.2) is 59.4 Å². The van der Waals surface area contributed by atoms with E-state index in [1.165, 1.54) is 0 Å². The van der Waals surface area contributed by atoms with Gasteiger partial charge >= 0.3 is 0 Å². The fourth-order valence-corrected chi connectivity index (χ4v) is 2.38. The minimum atomic E-state index is -0.996. The van der Waals surface area contributed by atoms with E-state index in [0.29, 0.717) is 6.61 Å². The van der Waals surface area contributed by atoms with Gasteiger partial charge < -0.3 is 29.2 Å². The van der Waals surface area contributed by atoms with Gasteiger partial charge in [-0.15, -0.1) is 0 Å². The van der Waals surface area contributed by atoms with Gasteiger partial charge in [0.1, 0.15) is 24.4 Å². The standard InChI is InChI=1S/C12H22O6/c1-11(2)15-6-8(16-11)10-9(7(14)5-13)17-12(3,4)18-10/h7-10,13-14H,5-6H2,1-4H3/t7-,8+,9-,10-/m0/s1. The molecule has 0 aromatic heterocycles. The third-order valence-electron chi connectivity index (χ3n) is 3.13. The second kappa shape index (κ2) is 4.70. The Bertz CT molecular complexity index is 303. The van der Waals surface area contributed by atoms with Crippen LogP contribution in [0.4, 0.5) is 0 Å². The molecule has 2 fully saturated rings. The van der Waals surface area contributed by atoms with Gasteiger partial charge in [0, 0.05) is 0 Å². The van der Waals surface area contributed by atoms with E-state index in [-0.39, 0.29) is 12.7 Å². The molecular formula is C12H22O6. The minimum absolute atomic E-state index is 0.312. The van der Waals surface area contributed by atoms with Crippen molar-refractivity contribution in [2.24, 2.45) is 0 Å². The summed E-state index contributed by atoms with van der Waals surface area (Å²) in [5, 5.41) is 18.9. The van der Waals surface area contributed by atoms with Crippen LogP contribution in [-0.2, 0) is 18.9 Å². The molecule has 2 saturated heterocycles. The molecule has 0 radical (unpaired) electrons. The van der Waals surface area contributed by atoms with Crippen molar-refractivity contribution in [3.05, 3.63) is 0 Å². The highest BCUT2D eigenvalue weighted by Crippen LogP contribution is 2.36. The second-order valence-corrected chi connectivity index (χ2v) is 5.68. The van der Waals surface area contributed by atoms with Gasteiger partial charge in [0.2, 0.25) is 0 Å². The Hall–Kier alpha value is -0.240. The topological polar surface area (TPSA) is 77.4 Å². The van der Waals surface area contributed by atoms with Crippen LogP contribution >= 0.6 is 0 Å². The van der Waals surface area contributed by atoms with E-state index in [4.69, 9.17) is 24.1 Å². The summed E-state index contributed by atoms with van der Waals surface area (Å²) < 4.78 is 22.6. The third kappa shape index (κ3) is 2.84. The molecule has 6 heteroatoms. The summed E-state index contributed by atoms with van der Waals surface area (Å²) in [5.41, 5.74) is 0. The van der Waals surface area contributed by atoms with E-state index in [0.717, 1.165) is 0 Å². The zero-order chi connectivity index (χ0) is 13.6. The van der Waals surface area contributed by atoms with Gasteiger partial charge in [0.15, 0.2) is 11.6 Å². The van der Waals surface area contributed by atoms with Crippen molar-refractivity contribution in [3.63, 3.8) is 0 Å². The van der Waals surface area contributed by atoms with Gasteiger partial charge in [-0.3, -0.25) is 0 Å². The van der Waals surface area contributed by atoms with E-state index in [9.17, 15) is 5.11 Å². The van der Waals surface area contributed by atoms with Crippen molar-refractivity contribution >= 4 is 0 Å². The van der Waals surface area contributed by atoms with Gasteiger partial charge in [-0.1, -0.05) is 0 Å². The first kappa shape index (κ1) is 14.2. The fourth-order valence-electron chi connectivity index (χ4n) is 2.38. The van der Waals surface area contributed by atoms with Gasteiger partial charge in [0.05, 0.1) is 13.2 Å². The predicted octanol–water partition coefficient (Wildman–Crippen LogP) is 0.0112. The summed E-state index contributed by atoms with van der Waals surface area (Å²) in [7, 11) is 0. The molecule has 0 saturated carbocycles. The quantitative estimate of drug-likeness (QED) is 0.746. The summed E-state index contributed by atoms with van der Waals surface area (Å²) in [5.74, 6) is -1.46. The van der Waals surface area contributed by atoms with Crippen LogP contribution < -0.4 is 0 Å². The van der Waals surface area contributed by atoms with Gasteiger partial charge in [-0.2, -0.15) is 0 Å². The van der Waals surface area contributed by atoms with Crippen LogP contribution in [0.3, 0.4) is 0 Å². The van der Waals surface area contributed by atoms with Gasteiger partial charge in [0.25, 0.3) is 0 Å². The van der Waals surface area contributed by atoms with E-state index in [1.807, 2.05) is 13.8 Å². The van der Waals surface area contributed by atoms with Crippen LogP contribution in [0.25, 0.3) is 0 Å². The van der Waals surface area contributed by atoms with Crippen LogP contribution in [0.2, 0.25) is 0 Å². The Kier molecular flexibility index (Phi) is 3.70. The van der Waals surface area contributed by atoms with E-state index >= 15 is 0 Å². The molecule has 0 bridgehead atoms. The lowest BCUT2D eigenvalue weighted by Crippen LogP contribution is -2.45. The molecule has 0 amide bonds. The van der Waals surface area contributed by atoms with Crippen LogP contribution in [0.5, 0.6) is 0 Å². The first-order chi connectivity index (χ1) is 8.24. The molecule has 4 atom stereocenters. The Morgan fingerprint density at radius 3 is 2.28 bits per heavy atom. The lowest BCUT2D eigenvalue weighted by molar-refractivity contribution is -0.175. The van der Waals surface area contributed by atoms with Crippen molar-refractivity contribution in [1.29, 1.82) is 0 Å². The average molecular weight is 262 g/mol. The molecule has 18 heavy (non-hydrogen) atoms. The lowest BCUT2D eigenvalue weighted by Gasteiger charge is -2.25. The molecule has 2 aliphatic rings. The molecule has 106 valence electrons. The Morgan fingerprint density at radius 1 is 1.11 bits per heavy atom. The highest BCUT2D eigenvalue weighted by molar-refractivity contribution is 4.93. The third-order valence-corrected chi connectivity index (χ3v) is 3.13. The second-order valence-electron chi connectivity index (χ2n) is 5.68. The first-order valence-corrected chi connectivity index (χ1v) is 6.20. The molecule has 0 aromatic rings. The molecule has 6 nitrogen and oxygen atoms in total. The number of aliphatic hydroxyl groups is 2. The lowest BCUT2D eigenvalue weighted by atomic mass is 10.0. The summed E-state index contributed by atoms with van der Waals surface area (Å²) in [6, 6.07) is 0. The van der Waals surface area contributed by atoms with Crippen molar-refractivity contribution in [1.82, 2.24) is 0 Å². The van der Waals surface area contributed by atoms with Crippen molar-refractivity contribution in [2.45, 2.75) is 63.7 Å². The SMILES string of the molecule is CC1(C)O[C@@H]([C@@H](O)CO)[C@H]([C@H]2COC(C)(C)O2)O1. The molecule has 0 spiro atoms. The molecule has 2 aliphatic heterocycles. The molecule has 2 heterocycles. The van der Waals surface area contributed by atoms with Gasteiger partial charge in [-0.25, -0.2) is 0 Å². The minimum Gasteiger partial charge on any atom is -0.394 e. The molecule has 0 aromatic carbocycles. The Balaban J connectivity index is 2.10. The van der Waals surface area contributed by atoms with E-state index in [1.54, 1.807) is 13.8 Å². The molecular weight excluding hydrogens is 240 g/mol. The largest absolute Gasteiger partial charge is 0.394 e. The maximum atomic E-state index is 9.80. The van der Waals surface area contributed by atoms with E-state index < -0.39 is 29.9 Å². The number of hydrogen-bond acceptors (Lipinski definition) is 6. The normalized spacial score (nSPS) is 40.0. The average Bonchev–Trinajstić information content (AvgIpc) is 2.77. The fraction of sp³-hybridized carbons (Fsp3) is 1.00. The highest BCUT2D eigenvalue weighted by Gasteiger charge is 2.51. The molecule has 0 aliphatic carbocycles. The van der Waals surface area contributed by atoms with Crippen molar-refractivity contribution in [3.8, 4) is 0 Å². The molecule has 2 rings (SSSR count). The summed E-state index contributed by atoms with van der Waals surface area (Å²) in [6.45, 7) is 7.19. The molecule has 2 N–H and O–H groups in total. The monoisotopic (exact) mass is 262 g/mol. The van der Waals surface area contributed by atoms with Crippen LogP contribution in [0.15, 0.2) is 0 Å². The zero-order valence-electron chi connectivity index (χ0n) is 11.3. The summed E-state index contributed by atoms with van der Waals surface area (Å²) in [4.78, 5) is 0. The number of ether oxygens (including phenoxy) is 4. The summed E-state index contributed by atoms with van der Waals surface area (Å²) in [6.07, 6.45) is -2.38. The smallest absolute Gasteiger partial charge is 0.164 e. The number of hydrogen-bond donors (Lipinski definition) is 2. The summed E-state index contributed by atoms with van der Waals surface area (Å²) >= 11 is 0. The van der Waals surface area contributed by atoms with Gasteiger partial charge in [-0.05, 0) is 27.7 Å². The van der Waals surface area contributed by atoms with Crippen molar-refractivity contribution in [2.75, 3.05) is 13.2 Å². The highest BCUT2D eigenvalue weighted by atomic mass is 16.8. The first-order valence-electron chi connectivity index (χ1n) is 6.20. The number of aliphatic hydroxyl groups excluding tert-OH is 2. The molecule has 0 unspecified atom stereocenters.